The van der Waals surface area contributed by atoms with Crippen LogP contribution in [0.3, 0.4) is 0 Å². The van der Waals surface area contributed by atoms with Gasteiger partial charge in [0, 0.05) is 17.9 Å². The van der Waals surface area contributed by atoms with Crippen LogP contribution in [0.25, 0.3) is 0 Å². The van der Waals surface area contributed by atoms with Crippen molar-refractivity contribution in [3.63, 3.8) is 0 Å². The van der Waals surface area contributed by atoms with Crippen LogP contribution in [-0.4, -0.2) is 38.4 Å². The summed E-state index contributed by atoms with van der Waals surface area (Å²) in [5.74, 6) is 3.62. The van der Waals surface area contributed by atoms with E-state index in [1.807, 2.05) is 7.11 Å². The van der Waals surface area contributed by atoms with Crippen LogP contribution >= 0.6 is 0 Å². The third kappa shape index (κ3) is 2.80. The maximum atomic E-state index is 6.65. The molecule has 1 aromatic rings. The number of ether oxygens (including phenoxy) is 3. The van der Waals surface area contributed by atoms with Gasteiger partial charge in [-0.25, -0.2) is 4.99 Å². The van der Waals surface area contributed by atoms with Gasteiger partial charge in [0.1, 0.15) is 6.61 Å². The van der Waals surface area contributed by atoms with Gasteiger partial charge < -0.3 is 14.2 Å². The van der Waals surface area contributed by atoms with Gasteiger partial charge in [-0.3, -0.25) is 0 Å². The molecule has 33 heavy (non-hydrogen) atoms. The molecule has 0 N–H and O–H groups in total. The molecule has 3 fully saturated rings. The van der Waals surface area contributed by atoms with Gasteiger partial charge in [-0.05, 0) is 62.3 Å². The molecule has 0 radical (unpaired) electrons. The first-order chi connectivity index (χ1) is 15.9. The molecule has 0 saturated heterocycles. The lowest BCUT2D eigenvalue weighted by Crippen LogP contribution is -2.62. The van der Waals surface area contributed by atoms with E-state index in [9.17, 15) is 0 Å². The van der Waals surface area contributed by atoms with E-state index in [1.165, 1.54) is 31.2 Å². The summed E-state index contributed by atoms with van der Waals surface area (Å²) >= 11 is 0. The summed E-state index contributed by atoms with van der Waals surface area (Å²) < 4.78 is 19.2. The number of fused-ring (bicyclic) bond motifs is 2. The molecule has 4 aliphatic carbocycles. The van der Waals surface area contributed by atoms with Crippen molar-refractivity contribution in [3.8, 4) is 0 Å². The smallest absolute Gasteiger partial charge is 0.195 e. The number of rotatable bonds is 7. The van der Waals surface area contributed by atoms with E-state index in [0.29, 0.717) is 25.0 Å². The molecule has 4 nitrogen and oxygen atoms in total. The van der Waals surface area contributed by atoms with E-state index >= 15 is 0 Å². The van der Waals surface area contributed by atoms with Gasteiger partial charge >= 0.3 is 0 Å². The highest BCUT2D eigenvalue weighted by Gasteiger charge is 2.81. The van der Waals surface area contributed by atoms with Crippen molar-refractivity contribution in [2.45, 2.75) is 58.6 Å². The van der Waals surface area contributed by atoms with Crippen molar-refractivity contribution < 1.29 is 14.2 Å². The van der Waals surface area contributed by atoms with Crippen LogP contribution in [0, 0.1) is 39.9 Å². The molecule has 1 heterocycles. The monoisotopic (exact) mass is 449 g/mol. The summed E-state index contributed by atoms with van der Waals surface area (Å²) in [5, 5.41) is 0. The van der Waals surface area contributed by atoms with E-state index in [4.69, 9.17) is 19.2 Å². The number of hydrogen-bond acceptors (Lipinski definition) is 4. The number of benzene rings is 1. The predicted molar refractivity (Wildman–Crippen MR) is 130 cm³/mol. The van der Waals surface area contributed by atoms with Crippen LogP contribution in [0.15, 0.2) is 47.5 Å². The first-order valence-corrected chi connectivity index (χ1v) is 12.9. The summed E-state index contributed by atoms with van der Waals surface area (Å²) in [6.45, 7) is 9.73. The fraction of sp³-hybridized carbons (Fsp3) is 0.690. The Morgan fingerprint density at radius 3 is 2.61 bits per heavy atom. The molecule has 5 aliphatic rings. The fourth-order valence-corrected chi connectivity index (χ4v) is 8.88. The van der Waals surface area contributed by atoms with Gasteiger partial charge in [0.2, 0.25) is 0 Å². The molecule has 0 aromatic heterocycles. The van der Waals surface area contributed by atoms with E-state index in [1.54, 1.807) is 0 Å². The summed E-state index contributed by atoms with van der Waals surface area (Å²) in [6.07, 6.45) is 9.99. The average molecular weight is 450 g/mol. The van der Waals surface area contributed by atoms with Crippen molar-refractivity contribution >= 4 is 5.90 Å². The Hall–Kier alpha value is -1.65. The Labute approximate surface area is 198 Å². The molecule has 1 aromatic carbocycles. The third-order valence-corrected chi connectivity index (χ3v) is 10.1. The third-order valence-electron chi connectivity index (χ3n) is 10.1. The minimum absolute atomic E-state index is 0.0205. The first-order valence-electron chi connectivity index (χ1n) is 12.9. The Morgan fingerprint density at radius 2 is 1.88 bits per heavy atom. The van der Waals surface area contributed by atoms with Gasteiger partial charge in [0.15, 0.2) is 5.90 Å². The second-order valence-corrected chi connectivity index (χ2v) is 12.2. The Kier molecular flexibility index (Phi) is 4.92. The van der Waals surface area contributed by atoms with Crippen molar-refractivity contribution in [1.29, 1.82) is 0 Å². The van der Waals surface area contributed by atoms with Gasteiger partial charge in [0.25, 0.3) is 0 Å². The van der Waals surface area contributed by atoms with Crippen LogP contribution in [0.4, 0.5) is 0 Å². The number of allylic oxidation sites excluding steroid dienone is 1. The quantitative estimate of drug-likeness (QED) is 0.504. The van der Waals surface area contributed by atoms with E-state index in [0.717, 1.165) is 30.9 Å². The molecule has 7 atom stereocenters. The minimum atomic E-state index is -0.226. The molecule has 2 unspecified atom stereocenters. The van der Waals surface area contributed by atoms with Gasteiger partial charge in [-0.2, -0.15) is 0 Å². The number of nitrogens with zero attached hydrogens (tertiary/aromatic N) is 1. The minimum Gasteiger partial charge on any atom is -0.478 e. The molecule has 0 amide bonds. The zero-order valence-corrected chi connectivity index (χ0v) is 20.7. The van der Waals surface area contributed by atoms with Crippen molar-refractivity contribution in [2.24, 2.45) is 44.9 Å². The van der Waals surface area contributed by atoms with Crippen LogP contribution in [0.2, 0.25) is 0 Å². The molecular formula is C29H39NO3. The maximum absolute atomic E-state index is 6.65. The predicted octanol–water partition coefficient (Wildman–Crippen LogP) is 5.67. The molecule has 1 aliphatic heterocycles. The maximum Gasteiger partial charge on any atom is 0.195 e. The van der Waals surface area contributed by atoms with Crippen LogP contribution in [0.5, 0.6) is 0 Å². The number of aliphatic imine (C=N–C) groups is 1. The standard InChI is InChI=1S/C29H39NO3/c1-20-10-11-24-23(20)15-27(18-31-4)22-12-13-29(27,25-30-26(2,3)17-33-25)28(24,14-22)19-32-16-21-8-6-5-7-9-21/h5-9,12-13,20,22-24H,10-11,14-19H2,1-4H3/t20-,22+,23?,24?,27+,28+,29+/m1/s1. The van der Waals surface area contributed by atoms with E-state index < -0.39 is 0 Å². The normalized spacial score (nSPS) is 44.1. The Bertz CT molecular complexity index is 970. The SMILES string of the molecule is COC[C@@]12CC3C(CC[C@H]3C)[C@@]3(COCc4ccccc4)C[C@@H]1C=C[C@@]32C1=NC(C)(C)CO1. The second-order valence-electron chi connectivity index (χ2n) is 12.2. The lowest BCUT2D eigenvalue weighted by molar-refractivity contribution is -0.131. The summed E-state index contributed by atoms with van der Waals surface area (Å²) in [4.78, 5) is 5.26. The molecule has 178 valence electrons. The van der Waals surface area contributed by atoms with Crippen LogP contribution in [-0.2, 0) is 20.8 Å². The largest absolute Gasteiger partial charge is 0.478 e. The van der Waals surface area contributed by atoms with Gasteiger partial charge in [0.05, 0.1) is 30.8 Å². The highest BCUT2D eigenvalue weighted by Crippen LogP contribution is 2.81. The molecule has 4 heteroatoms. The molecule has 0 spiro atoms. The fourth-order valence-electron chi connectivity index (χ4n) is 8.88. The van der Waals surface area contributed by atoms with Gasteiger partial charge in [-0.15, -0.1) is 0 Å². The summed E-state index contributed by atoms with van der Waals surface area (Å²) in [7, 11) is 1.87. The van der Waals surface area contributed by atoms with Crippen LogP contribution in [0.1, 0.15) is 52.0 Å². The number of hydrogen-bond donors (Lipinski definition) is 0. The molecule has 4 bridgehead atoms. The Morgan fingerprint density at radius 1 is 1.06 bits per heavy atom. The molecule has 6 rings (SSSR count). The van der Waals surface area contributed by atoms with E-state index in [-0.39, 0.29) is 21.8 Å². The zero-order valence-electron chi connectivity index (χ0n) is 20.7. The highest BCUT2D eigenvalue weighted by atomic mass is 16.5. The zero-order chi connectivity index (χ0) is 22.9. The van der Waals surface area contributed by atoms with Crippen molar-refractivity contribution in [2.75, 3.05) is 26.9 Å². The average Bonchev–Trinajstić information content (AvgIpc) is 3.48. The van der Waals surface area contributed by atoms with Gasteiger partial charge in [-0.1, -0.05) is 55.8 Å². The summed E-state index contributed by atoms with van der Waals surface area (Å²) in [6, 6.07) is 10.6. The lowest BCUT2D eigenvalue weighted by Gasteiger charge is -2.59. The molecular weight excluding hydrogens is 410 g/mol. The van der Waals surface area contributed by atoms with E-state index in [2.05, 4.69) is 63.3 Å². The Balaban J connectivity index is 1.46. The van der Waals surface area contributed by atoms with Crippen molar-refractivity contribution in [3.05, 3.63) is 48.0 Å². The lowest BCUT2D eigenvalue weighted by atomic mass is 9.45. The second kappa shape index (κ2) is 7.42. The summed E-state index contributed by atoms with van der Waals surface area (Å²) in [5.41, 5.74) is 0.891. The van der Waals surface area contributed by atoms with Crippen molar-refractivity contribution in [1.82, 2.24) is 0 Å². The highest BCUT2D eigenvalue weighted by molar-refractivity contribution is 5.90. The first kappa shape index (κ1) is 21.9. The van der Waals surface area contributed by atoms with Crippen LogP contribution < -0.4 is 0 Å². The topological polar surface area (TPSA) is 40.0 Å². The molecule has 3 saturated carbocycles. The number of methoxy groups -OCH3 is 1.